The summed E-state index contributed by atoms with van der Waals surface area (Å²) in [5.41, 5.74) is 0. The van der Waals surface area contributed by atoms with Crippen LogP contribution in [0.2, 0.25) is 0 Å². The standard InChI is InChI=1S/C21H29N5O3S/c27-19(8-4-7-18-22-21(23-29-18)17-6-5-15-30-17)26-13-11-24(12-14-26)16-20(28)25-9-2-1-3-10-25/h5-6,15H,1-4,7-14,16H2. The van der Waals surface area contributed by atoms with Gasteiger partial charge < -0.3 is 14.3 Å². The van der Waals surface area contributed by atoms with Gasteiger partial charge in [-0.25, -0.2) is 0 Å². The molecule has 0 aliphatic carbocycles. The fourth-order valence-electron chi connectivity index (χ4n) is 4.00. The third-order valence-electron chi connectivity index (χ3n) is 5.78. The Morgan fingerprint density at radius 3 is 2.50 bits per heavy atom. The van der Waals surface area contributed by atoms with E-state index in [1.165, 1.54) is 6.42 Å². The van der Waals surface area contributed by atoms with Crippen LogP contribution in [0.25, 0.3) is 10.7 Å². The molecule has 0 saturated carbocycles. The summed E-state index contributed by atoms with van der Waals surface area (Å²) in [6.45, 7) is 5.17. The molecule has 0 spiro atoms. The van der Waals surface area contributed by atoms with Crippen LogP contribution < -0.4 is 0 Å². The predicted molar refractivity (Wildman–Crippen MR) is 114 cm³/mol. The number of rotatable bonds is 7. The number of piperazine rings is 1. The minimum absolute atomic E-state index is 0.162. The summed E-state index contributed by atoms with van der Waals surface area (Å²) in [6.07, 6.45) is 5.24. The Labute approximate surface area is 180 Å². The first kappa shape index (κ1) is 21.0. The van der Waals surface area contributed by atoms with Gasteiger partial charge in [0, 0.05) is 52.1 Å². The molecule has 2 aliphatic rings. The van der Waals surface area contributed by atoms with E-state index >= 15 is 0 Å². The molecule has 4 heterocycles. The molecule has 8 nitrogen and oxygen atoms in total. The van der Waals surface area contributed by atoms with Crippen molar-refractivity contribution in [3.05, 3.63) is 23.4 Å². The smallest absolute Gasteiger partial charge is 0.236 e. The van der Waals surface area contributed by atoms with E-state index in [4.69, 9.17) is 4.52 Å². The van der Waals surface area contributed by atoms with Gasteiger partial charge in [0.25, 0.3) is 0 Å². The van der Waals surface area contributed by atoms with Crippen molar-refractivity contribution in [3.63, 3.8) is 0 Å². The zero-order valence-electron chi connectivity index (χ0n) is 17.3. The van der Waals surface area contributed by atoms with Crippen LogP contribution in [0, 0.1) is 0 Å². The van der Waals surface area contributed by atoms with E-state index in [1.807, 2.05) is 27.3 Å². The van der Waals surface area contributed by atoms with Crippen molar-refractivity contribution in [3.8, 4) is 10.7 Å². The number of likely N-dealkylation sites (tertiary alicyclic amines) is 1. The maximum atomic E-state index is 12.5. The summed E-state index contributed by atoms with van der Waals surface area (Å²) in [6, 6.07) is 3.92. The molecule has 0 bridgehead atoms. The van der Waals surface area contributed by atoms with Crippen molar-refractivity contribution in [2.24, 2.45) is 0 Å². The molecule has 2 aromatic rings. The van der Waals surface area contributed by atoms with E-state index in [-0.39, 0.29) is 11.8 Å². The fourth-order valence-corrected chi connectivity index (χ4v) is 4.65. The van der Waals surface area contributed by atoms with E-state index in [0.717, 1.165) is 43.9 Å². The molecule has 0 N–H and O–H groups in total. The summed E-state index contributed by atoms with van der Waals surface area (Å²) in [4.78, 5) is 36.4. The number of aryl methyl sites for hydroxylation is 1. The Balaban J connectivity index is 1.14. The zero-order valence-corrected chi connectivity index (χ0v) is 18.1. The van der Waals surface area contributed by atoms with Gasteiger partial charge in [-0.1, -0.05) is 11.2 Å². The highest BCUT2D eigenvalue weighted by Gasteiger charge is 2.24. The Hall–Kier alpha value is -2.26. The predicted octanol–water partition coefficient (Wildman–Crippen LogP) is 2.28. The van der Waals surface area contributed by atoms with Crippen LogP contribution in [0.3, 0.4) is 0 Å². The number of piperidine rings is 1. The van der Waals surface area contributed by atoms with Crippen molar-refractivity contribution < 1.29 is 14.1 Å². The van der Waals surface area contributed by atoms with Gasteiger partial charge in [-0.05, 0) is 37.1 Å². The van der Waals surface area contributed by atoms with Gasteiger partial charge in [0.2, 0.25) is 23.5 Å². The zero-order chi connectivity index (χ0) is 20.8. The molecule has 30 heavy (non-hydrogen) atoms. The van der Waals surface area contributed by atoms with Crippen LogP contribution in [-0.2, 0) is 16.0 Å². The molecule has 2 saturated heterocycles. The Kier molecular flexibility index (Phi) is 7.11. The SMILES string of the molecule is O=C(CCCc1nc(-c2cccs2)no1)N1CCN(CC(=O)N2CCCCC2)CC1. The monoisotopic (exact) mass is 431 g/mol. The number of aromatic nitrogens is 2. The Morgan fingerprint density at radius 2 is 1.77 bits per heavy atom. The van der Waals surface area contributed by atoms with E-state index < -0.39 is 0 Å². The third-order valence-corrected chi connectivity index (χ3v) is 6.65. The number of thiophene rings is 1. The van der Waals surface area contributed by atoms with Crippen LogP contribution in [0.4, 0.5) is 0 Å². The van der Waals surface area contributed by atoms with Gasteiger partial charge in [-0.2, -0.15) is 4.98 Å². The molecular weight excluding hydrogens is 402 g/mol. The molecule has 0 atom stereocenters. The second-order valence-corrected chi connectivity index (χ2v) is 8.89. The number of amides is 2. The average Bonchev–Trinajstić information content (AvgIpc) is 3.47. The second-order valence-electron chi connectivity index (χ2n) is 7.94. The minimum Gasteiger partial charge on any atom is -0.342 e. The first-order valence-corrected chi connectivity index (χ1v) is 11.7. The maximum absolute atomic E-state index is 12.5. The number of hydrogen-bond acceptors (Lipinski definition) is 7. The van der Waals surface area contributed by atoms with E-state index in [1.54, 1.807) is 11.3 Å². The largest absolute Gasteiger partial charge is 0.342 e. The fraction of sp³-hybridized carbons (Fsp3) is 0.619. The molecule has 2 amide bonds. The Bertz CT molecular complexity index is 824. The number of carbonyl (C=O) groups excluding carboxylic acids is 2. The lowest BCUT2D eigenvalue weighted by atomic mass is 10.1. The summed E-state index contributed by atoms with van der Waals surface area (Å²) in [5, 5.41) is 5.98. The molecule has 9 heteroatoms. The summed E-state index contributed by atoms with van der Waals surface area (Å²) >= 11 is 1.58. The van der Waals surface area contributed by atoms with E-state index in [2.05, 4.69) is 15.0 Å². The first-order chi connectivity index (χ1) is 14.7. The first-order valence-electron chi connectivity index (χ1n) is 10.8. The van der Waals surface area contributed by atoms with Gasteiger partial charge in [0.1, 0.15) is 0 Å². The Morgan fingerprint density at radius 1 is 1.00 bits per heavy atom. The highest BCUT2D eigenvalue weighted by molar-refractivity contribution is 7.13. The van der Waals surface area contributed by atoms with Gasteiger partial charge in [0.05, 0.1) is 11.4 Å². The normalized spacial score (nSPS) is 18.0. The molecule has 2 aromatic heterocycles. The lowest BCUT2D eigenvalue weighted by Gasteiger charge is -2.36. The lowest BCUT2D eigenvalue weighted by molar-refractivity contribution is -0.135. The average molecular weight is 432 g/mol. The van der Waals surface area contributed by atoms with Gasteiger partial charge >= 0.3 is 0 Å². The van der Waals surface area contributed by atoms with Crippen LogP contribution in [-0.4, -0.2) is 82.5 Å². The van der Waals surface area contributed by atoms with Gasteiger partial charge in [0.15, 0.2) is 0 Å². The highest BCUT2D eigenvalue weighted by atomic mass is 32.1. The van der Waals surface area contributed by atoms with Crippen LogP contribution >= 0.6 is 11.3 Å². The van der Waals surface area contributed by atoms with Crippen molar-refractivity contribution in [2.45, 2.75) is 38.5 Å². The topological polar surface area (TPSA) is 82.8 Å². The van der Waals surface area contributed by atoms with Crippen molar-refractivity contribution >= 4 is 23.2 Å². The summed E-state index contributed by atoms with van der Waals surface area (Å²) in [7, 11) is 0. The molecule has 162 valence electrons. The highest BCUT2D eigenvalue weighted by Crippen LogP contribution is 2.21. The van der Waals surface area contributed by atoms with Crippen LogP contribution in [0.5, 0.6) is 0 Å². The molecule has 0 unspecified atom stereocenters. The molecule has 2 fully saturated rings. The van der Waals surface area contributed by atoms with Crippen LogP contribution in [0.1, 0.15) is 38.0 Å². The van der Waals surface area contributed by atoms with E-state index in [9.17, 15) is 9.59 Å². The van der Waals surface area contributed by atoms with Gasteiger partial charge in [-0.15, -0.1) is 11.3 Å². The quantitative estimate of drug-likeness (QED) is 0.669. The molecular formula is C21H29N5O3S. The molecule has 2 aliphatic heterocycles. The number of hydrogen-bond donors (Lipinski definition) is 0. The van der Waals surface area contributed by atoms with Gasteiger partial charge in [-0.3, -0.25) is 14.5 Å². The van der Waals surface area contributed by atoms with E-state index in [0.29, 0.717) is 50.6 Å². The van der Waals surface area contributed by atoms with Crippen molar-refractivity contribution in [1.29, 1.82) is 0 Å². The third kappa shape index (κ3) is 5.46. The second kappa shape index (κ2) is 10.2. The molecule has 0 aromatic carbocycles. The molecule has 0 radical (unpaired) electrons. The number of nitrogens with zero attached hydrogens (tertiary/aromatic N) is 5. The summed E-state index contributed by atoms with van der Waals surface area (Å²) in [5.74, 6) is 1.58. The molecule has 4 rings (SSSR count). The van der Waals surface area contributed by atoms with Crippen LogP contribution in [0.15, 0.2) is 22.0 Å². The maximum Gasteiger partial charge on any atom is 0.236 e. The number of carbonyl (C=O) groups is 2. The lowest BCUT2D eigenvalue weighted by Crippen LogP contribution is -2.52. The minimum atomic E-state index is 0.162. The van der Waals surface area contributed by atoms with Crippen molar-refractivity contribution in [2.75, 3.05) is 45.8 Å². The summed E-state index contributed by atoms with van der Waals surface area (Å²) < 4.78 is 5.29. The van der Waals surface area contributed by atoms with Crippen molar-refractivity contribution in [1.82, 2.24) is 24.8 Å².